The topological polar surface area (TPSA) is 92.5 Å². The minimum Gasteiger partial charge on any atom is -0.480 e. The zero-order chi connectivity index (χ0) is 15.3. The first-order valence-electron chi connectivity index (χ1n) is 6.21. The van der Waals surface area contributed by atoms with Crippen molar-refractivity contribution < 1.29 is 19.2 Å². The summed E-state index contributed by atoms with van der Waals surface area (Å²) in [6, 6.07) is 3.12. The van der Waals surface area contributed by atoms with Gasteiger partial charge in [-0.1, -0.05) is 13.3 Å². The molecule has 1 aromatic rings. The molecule has 6 nitrogen and oxygen atoms in total. The molecule has 0 fully saturated rings. The quantitative estimate of drug-likeness (QED) is 0.592. The van der Waals surface area contributed by atoms with Gasteiger partial charge in [0, 0.05) is 18.2 Å². The number of carboxylic acid groups (broad SMARTS) is 1. The zero-order valence-corrected chi connectivity index (χ0v) is 11.4. The molecule has 1 aromatic carbocycles. The number of nitrogens with one attached hydrogen (secondary N) is 1. The molecule has 0 aliphatic heterocycles. The van der Waals surface area contributed by atoms with Crippen LogP contribution >= 0.6 is 0 Å². The highest BCUT2D eigenvalue weighted by Gasteiger charge is 2.32. The molecule has 0 amide bonds. The van der Waals surface area contributed by atoms with E-state index in [-0.39, 0.29) is 17.8 Å². The summed E-state index contributed by atoms with van der Waals surface area (Å²) < 4.78 is 13.2. The molecule has 1 atom stereocenters. The summed E-state index contributed by atoms with van der Waals surface area (Å²) in [5.74, 6) is -1.64. The molecule has 0 heterocycles. The molecule has 0 aliphatic rings. The van der Waals surface area contributed by atoms with Gasteiger partial charge in [-0.15, -0.1) is 0 Å². The minimum atomic E-state index is -1.20. The zero-order valence-electron chi connectivity index (χ0n) is 11.4. The third-order valence-electron chi connectivity index (χ3n) is 3.13. The van der Waals surface area contributed by atoms with E-state index >= 15 is 0 Å². The van der Waals surface area contributed by atoms with E-state index in [1.165, 1.54) is 6.92 Å². The van der Waals surface area contributed by atoms with E-state index in [0.29, 0.717) is 12.8 Å². The summed E-state index contributed by atoms with van der Waals surface area (Å²) in [5, 5.41) is 22.8. The fourth-order valence-corrected chi connectivity index (χ4v) is 1.94. The molecule has 0 aliphatic carbocycles. The van der Waals surface area contributed by atoms with Crippen LogP contribution < -0.4 is 5.32 Å². The largest absolute Gasteiger partial charge is 0.480 e. The van der Waals surface area contributed by atoms with Gasteiger partial charge >= 0.3 is 5.97 Å². The third-order valence-corrected chi connectivity index (χ3v) is 3.13. The number of carboxylic acids is 1. The second kappa shape index (κ2) is 6.42. The molecule has 7 heteroatoms. The molecule has 110 valence electrons. The van der Waals surface area contributed by atoms with Crippen molar-refractivity contribution in [2.24, 2.45) is 0 Å². The summed E-state index contributed by atoms with van der Waals surface area (Å²) in [4.78, 5) is 21.5. The van der Waals surface area contributed by atoms with E-state index in [4.69, 9.17) is 0 Å². The average Bonchev–Trinajstić information content (AvgIpc) is 2.36. The standard InChI is InChI=1S/C13H17FN2O4/c1-3-6-13(2,12(17)18)15-8-9-7-10(14)4-5-11(9)16(19)20/h4-5,7,15H,3,6,8H2,1-2H3,(H,17,18). The van der Waals surface area contributed by atoms with Crippen LogP contribution in [0.5, 0.6) is 0 Å². The maximum atomic E-state index is 13.2. The summed E-state index contributed by atoms with van der Waals surface area (Å²) in [6.07, 6.45) is 1.01. The minimum absolute atomic E-state index is 0.0864. The molecule has 20 heavy (non-hydrogen) atoms. The Balaban J connectivity index is 2.96. The molecule has 0 bridgehead atoms. The molecule has 0 saturated heterocycles. The summed E-state index contributed by atoms with van der Waals surface area (Å²) in [5.41, 5.74) is -1.31. The maximum Gasteiger partial charge on any atom is 0.323 e. The highest BCUT2D eigenvalue weighted by molar-refractivity contribution is 5.78. The molecule has 0 aromatic heterocycles. The van der Waals surface area contributed by atoms with Crippen LogP contribution in [0.2, 0.25) is 0 Å². The Morgan fingerprint density at radius 2 is 2.20 bits per heavy atom. The number of rotatable bonds is 7. The van der Waals surface area contributed by atoms with Gasteiger partial charge in [0.1, 0.15) is 11.4 Å². The van der Waals surface area contributed by atoms with Crippen molar-refractivity contribution in [3.05, 3.63) is 39.7 Å². The summed E-state index contributed by atoms with van der Waals surface area (Å²) in [6.45, 7) is 3.26. The molecule has 1 unspecified atom stereocenters. The van der Waals surface area contributed by atoms with Crippen LogP contribution in [0.3, 0.4) is 0 Å². The van der Waals surface area contributed by atoms with Crippen LogP contribution in [0, 0.1) is 15.9 Å². The Hall–Kier alpha value is -2.02. The first-order valence-corrected chi connectivity index (χ1v) is 6.21. The van der Waals surface area contributed by atoms with Crippen LogP contribution in [0.25, 0.3) is 0 Å². The normalized spacial score (nSPS) is 13.8. The number of carbonyl (C=O) groups is 1. The lowest BCUT2D eigenvalue weighted by atomic mass is 9.96. The van der Waals surface area contributed by atoms with E-state index in [9.17, 15) is 24.4 Å². The molecule has 0 radical (unpaired) electrons. The van der Waals surface area contributed by atoms with Gasteiger partial charge in [0.25, 0.3) is 5.69 Å². The van der Waals surface area contributed by atoms with Gasteiger partial charge in [0.2, 0.25) is 0 Å². The number of nitro groups is 1. The Bertz CT molecular complexity index is 521. The fourth-order valence-electron chi connectivity index (χ4n) is 1.94. The predicted octanol–water partition coefficient (Wildman–Crippen LogP) is 2.47. The average molecular weight is 284 g/mol. The van der Waals surface area contributed by atoms with Crippen LogP contribution in [0.1, 0.15) is 32.3 Å². The van der Waals surface area contributed by atoms with Crippen LogP contribution in [0.4, 0.5) is 10.1 Å². The smallest absolute Gasteiger partial charge is 0.323 e. The first kappa shape index (κ1) is 16.0. The fraction of sp³-hybridized carbons (Fsp3) is 0.462. The van der Waals surface area contributed by atoms with E-state index in [1.807, 2.05) is 6.92 Å². The number of benzene rings is 1. The van der Waals surface area contributed by atoms with E-state index < -0.39 is 22.2 Å². The van der Waals surface area contributed by atoms with E-state index in [0.717, 1.165) is 18.2 Å². The number of nitrogens with zero attached hydrogens (tertiary/aromatic N) is 1. The van der Waals surface area contributed by atoms with Crippen molar-refractivity contribution >= 4 is 11.7 Å². The number of hydrogen-bond acceptors (Lipinski definition) is 4. The van der Waals surface area contributed by atoms with Gasteiger partial charge in [0.05, 0.1) is 4.92 Å². The predicted molar refractivity (Wildman–Crippen MR) is 70.8 cm³/mol. The first-order chi connectivity index (χ1) is 9.30. The molecule has 1 rings (SSSR count). The van der Waals surface area contributed by atoms with Gasteiger partial charge in [0.15, 0.2) is 0 Å². The van der Waals surface area contributed by atoms with Crippen molar-refractivity contribution in [2.75, 3.05) is 0 Å². The monoisotopic (exact) mass is 284 g/mol. The van der Waals surface area contributed by atoms with Crippen molar-refractivity contribution in [3.63, 3.8) is 0 Å². The lowest BCUT2D eigenvalue weighted by molar-refractivity contribution is -0.385. The van der Waals surface area contributed by atoms with Gasteiger partial charge in [-0.2, -0.15) is 0 Å². The molecular formula is C13H17FN2O4. The summed E-state index contributed by atoms with van der Waals surface area (Å²) in [7, 11) is 0. The van der Waals surface area contributed by atoms with Crippen molar-refractivity contribution in [2.45, 2.75) is 38.8 Å². The third kappa shape index (κ3) is 3.74. The maximum absolute atomic E-state index is 13.2. The molecular weight excluding hydrogens is 267 g/mol. The Kier molecular flexibility index (Phi) is 5.15. The van der Waals surface area contributed by atoms with Gasteiger partial charge < -0.3 is 5.11 Å². The Morgan fingerprint density at radius 3 is 2.70 bits per heavy atom. The molecule has 0 saturated carbocycles. The number of halogens is 1. The Morgan fingerprint density at radius 1 is 1.55 bits per heavy atom. The highest BCUT2D eigenvalue weighted by Crippen LogP contribution is 2.21. The van der Waals surface area contributed by atoms with Crippen LogP contribution in [-0.4, -0.2) is 21.5 Å². The van der Waals surface area contributed by atoms with Gasteiger partial charge in [-0.25, -0.2) is 4.39 Å². The highest BCUT2D eigenvalue weighted by atomic mass is 19.1. The van der Waals surface area contributed by atoms with Crippen molar-refractivity contribution in [3.8, 4) is 0 Å². The Labute approximate surface area is 115 Å². The second-order valence-corrected chi connectivity index (χ2v) is 4.77. The van der Waals surface area contributed by atoms with Crippen LogP contribution in [0.15, 0.2) is 18.2 Å². The number of aliphatic carboxylic acids is 1. The summed E-state index contributed by atoms with van der Waals surface area (Å²) >= 11 is 0. The van der Waals surface area contributed by atoms with Crippen molar-refractivity contribution in [1.82, 2.24) is 5.32 Å². The van der Waals surface area contributed by atoms with Gasteiger partial charge in [-0.05, 0) is 25.5 Å². The number of nitro benzene ring substituents is 1. The van der Waals surface area contributed by atoms with Crippen molar-refractivity contribution in [1.29, 1.82) is 0 Å². The lowest BCUT2D eigenvalue weighted by Gasteiger charge is -2.25. The molecule has 2 N–H and O–H groups in total. The van der Waals surface area contributed by atoms with E-state index in [1.54, 1.807) is 0 Å². The van der Waals surface area contributed by atoms with Gasteiger partial charge in [-0.3, -0.25) is 20.2 Å². The van der Waals surface area contributed by atoms with Crippen LogP contribution in [-0.2, 0) is 11.3 Å². The SMILES string of the molecule is CCCC(C)(NCc1cc(F)ccc1[N+](=O)[O-])C(=O)O. The number of hydrogen-bond donors (Lipinski definition) is 2. The van der Waals surface area contributed by atoms with E-state index in [2.05, 4.69) is 5.32 Å². The second-order valence-electron chi connectivity index (χ2n) is 4.77. The lowest BCUT2D eigenvalue weighted by Crippen LogP contribution is -2.49. The molecule has 0 spiro atoms.